The Morgan fingerprint density at radius 2 is 2.11 bits per heavy atom. The largest absolute Gasteiger partial charge is 0.466 e. The molecule has 0 aliphatic rings. The lowest BCUT2D eigenvalue weighted by atomic mass is 9.94. The van der Waals surface area contributed by atoms with Crippen LogP contribution in [0.1, 0.15) is 37.7 Å². The maximum atomic E-state index is 11.2. The molecule has 0 aliphatic heterocycles. The van der Waals surface area contributed by atoms with Crippen LogP contribution in [-0.4, -0.2) is 12.6 Å². The summed E-state index contributed by atoms with van der Waals surface area (Å²) in [5.41, 5.74) is 1.23. The Morgan fingerprint density at radius 3 is 2.67 bits per heavy atom. The van der Waals surface area contributed by atoms with Crippen LogP contribution in [0.25, 0.3) is 0 Å². The molecule has 0 heterocycles. The molecule has 1 rings (SSSR count). The molecule has 0 aliphatic carbocycles. The van der Waals surface area contributed by atoms with Crippen LogP contribution in [0.4, 0.5) is 0 Å². The lowest BCUT2D eigenvalue weighted by molar-refractivity contribution is -0.143. The van der Waals surface area contributed by atoms with Gasteiger partial charge in [-0.25, -0.2) is 0 Å². The topological polar surface area (TPSA) is 26.3 Å². The van der Waals surface area contributed by atoms with Crippen LogP contribution in [0.5, 0.6) is 0 Å². The summed E-state index contributed by atoms with van der Waals surface area (Å²) in [4.78, 5) is 11.2. The van der Waals surface area contributed by atoms with E-state index >= 15 is 0 Å². The summed E-state index contributed by atoms with van der Waals surface area (Å²) in [5.74, 6) is 0.184. The van der Waals surface area contributed by atoms with E-state index < -0.39 is 0 Å². The second kappa shape index (κ2) is 8.09. The van der Waals surface area contributed by atoms with Crippen molar-refractivity contribution >= 4 is 21.9 Å². The molecule has 0 amide bonds. The molecule has 1 aromatic carbocycles. The van der Waals surface area contributed by atoms with Gasteiger partial charge in [-0.15, -0.1) is 6.58 Å². The van der Waals surface area contributed by atoms with E-state index in [4.69, 9.17) is 4.74 Å². The summed E-state index contributed by atoms with van der Waals surface area (Å²) in [7, 11) is 0. The molecule has 98 valence electrons. The summed E-state index contributed by atoms with van der Waals surface area (Å²) in [5, 5.41) is 0. The molecule has 0 radical (unpaired) electrons. The van der Waals surface area contributed by atoms with Crippen molar-refractivity contribution in [2.45, 2.75) is 32.1 Å². The SMILES string of the molecule is C=C[C@H](CCCC(=O)OCC)c1ccc(Br)cc1. The molecule has 1 atom stereocenters. The summed E-state index contributed by atoms with van der Waals surface area (Å²) in [6.45, 7) is 6.15. The van der Waals surface area contributed by atoms with Crippen LogP contribution in [-0.2, 0) is 9.53 Å². The van der Waals surface area contributed by atoms with Gasteiger partial charge in [-0.05, 0) is 37.5 Å². The molecule has 3 heteroatoms. The Hall–Kier alpha value is -1.09. The first kappa shape index (κ1) is 15.0. The Balaban J connectivity index is 2.45. The van der Waals surface area contributed by atoms with Crippen LogP contribution in [0.2, 0.25) is 0 Å². The summed E-state index contributed by atoms with van der Waals surface area (Å²) in [6.07, 6.45) is 4.17. The number of hydrogen-bond acceptors (Lipinski definition) is 2. The van der Waals surface area contributed by atoms with Crippen molar-refractivity contribution in [3.05, 3.63) is 47.0 Å². The zero-order valence-electron chi connectivity index (χ0n) is 10.7. The third kappa shape index (κ3) is 5.05. The third-order valence-electron chi connectivity index (χ3n) is 2.78. The number of esters is 1. The smallest absolute Gasteiger partial charge is 0.305 e. The number of carbonyl (C=O) groups excluding carboxylic acids is 1. The molecule has 0 saturated carbocycles. The van der Waals surface area contributed by atoms with Crippen LogP contribution in [0.15, 0.2) is 41.4 Å². The number of carbonyl (C=O) groups is 1. The lowest BCUT2D eigenvalue weighted by Gasteiger charge is -2.12. The van der Waals surface area contributed by atoms with Gasteiger partial charge in [0.2, 0.25) is 0 Å². The molecule has 0 spiro atoms. The maximum Gasteiger partial charge on any atom is 0.305 e. The van der Waals surface area contributed by atoms with Gasteiger partial charge in [-0.1, -0.05) is 34.1 Å². The first-order chi connectivity index (χ1) is 8.67. The number of allylic oxidation sites excluding steroid dienone is 1. The van der Waals surface area contributed by atoms with Gasteiger partial charge in [0.25, 0.3) is 0 Å². The number of hydrogen-bond donors (Lipinski definition) is 0. The summed E-state index contributed by atoms with van der Waals surface area (Å²) in [6, 6.07) is 8.22. The average Bonchev–Trinajstić information content (AvgIpc) is 2.36. The molecule has 2 nitrogen and oxygen atoms in total. The fraction of sp³-hybridized carbons (Fsp3) is 0.400. The van der Waals surface area contributed by atoms with Crippen LogP contribution < -0.4 is 0 Å². The Morgan fingerprint density at radius 1 is 1.44 bits per heavy atom. The van der Waals surface area contributed by atoms with Crippen molar-refractivity contribution in [3.63, 3.8) is 0 Å². The van der Waals surface area contributed by atoms with Crippen molar-refractivity contribution < 1.29 is 9.53 Å². The van der Waals surface area contributed by atoms with E-state index in [0.717, 1.165) is 17.3 Å². The fourth-order valence-corrected chi connectivity index (χ4v) is 2.09. The van der Waals surface area contributed by atoms with Crippen LogP contribution in [0, 0.1) is 0 Å². The first-order valence-electron chi connectivity index (χ1n) is 6.21. The predicted molar refractivity (Wildman–Crippen MR) is 77.6 cm³/mol. The molecule has 0 bridgehead atoms. The minimum Gasteiger partial charge on any atom is -0.466 e. The van der Waals surface area contributed by atoms with Gasteiger partial charge >= 0.3 is 5.97 Å². The van der Waals surface area contributed by atoms with E-state index in [1.807, 2.05) is 25.1 Å². The van der Waals surface area contributed by atoms with Crippen molar-refractivity contribution in [3.8, 4) is 0 Å². The summed E-state index contributed by atoms with van der Waals surface area (Å²) < 4.78 is 5.98. The van der Waals surface area contributed by atoms with Gasteiger partial charge < -0.3 is 4.74 Å². The Bertz CT molecular complexity index is 384. The molecule has 1 aromatic rings. The van der Waals surface area contributed by atoms with Gasteiger partial charge in [0, 0.05) is 16.8 Å². The van der Waals surface area contributed by atoms with Crippen molar-refractivity contribution in [2.24, 2.45) is 0 Å². The van der Waals surface area contributed by atoms with Gasteiger partial charge in [0.1, 0.15) is 0 Å². The minimum atomic E-state index is -0.115. The molecular formula is C15H19BrO2. The molecule has 18 heavy (non-hydrogen) atoms. The van der Waals surface area contributed by atoms with Crippen LogP contribution >= 0.6 is 15.9 Å². The third-order valence-corrected chi connectivity index (χ3v) is 3.31. The van der Waals surface area contributed by atoms with E-state index in [-0.39, 0.29) is 5.97 Å². The molecule has 0 fully saturated rings. The zero-order chi connectivity index (χ0) is 13.4. The van der Waals surface area contributed by atoms with Crippen molar-refractivity contribution in [1.29, 1.82) is 0 Å². The number of ether oxygens (including phenoxy) is 1. The lowest BCUT2D eigenvalue weighted by Crippen LogP contribution is -2.04. The van der Waals surface area contributed by atoms with E-state index in [9.17, 15) is 4.79 Å². The zero-order valence-corrected chi connectivity index (χ0v) is 12.3. The van der Waals surface area contributed by atoms with E-state index in [2.05, 4.69) is 34.6 Å². The van der Waals surface area contributed by atoms with Gasteiger partial charge in [0.15, 0.2) is 0 Å². The Labute approximate surface area is 117 Å². The molecule has 0 unspecified atom stereocenters. The number of halogens is 1. The van der Waals surface area contributed by atoms with Gasteiger partial charge in [-0.3, -0.25) is 4.79 Å². The molecular weight excluding hydrogens is 292 g/mol. The highest BCUT2D eigenvalue weighted by Gasteiger charge is 2.09. The second-order valence-electron chi connectivity index (χ2n) is 4.09. The minimum absolute atomic E-state index is 0.115. The van der Waals surface area contributed by atoms with E-state index in [0.29, 0.717) is 18.9 Å². The second-order valence-corrected chi connectivity index (χ2v) is 5.01. The number of rotatable bonds is 7. The average molecular weight is 311 g/mol. The quantitative estimate of drug-likeness (QED) is 0.549. The normalized spacial score (nSPS) is 11.9. The van der Waals surface area contributed by atoms with E-state index in [1.54, 1.807) is 0 Å². The fourth-order valence-electron chi connectivity index (χ4n) is 1.83. The molecule has 0 saturated heterocycles. The van der Waals surface area contributed by atoms with Crippen LogP contribution in [0.3, 0.4) is 0 Å². The molecule has 0 aromatic heterocycles. The van der Waals surface area contributed by atoms with Gasteiger partial charge in [0.05, 0.1) is 6.61 Å². The first-order valence-corrected chi connectivity index (χ1v) is 7.00. The van der Waals surface area contributed by atoms with Gasteiger partial charge in [-0.2, -0.15) is 0 Å². The Kier molecular flexibility index (Phi) is 6.73. The van der Waals surface area contributed by atoms with Crippen molar-refractivity contribution in [1.82, 2.24) is 0 Å². The highest BCUT2D eigenvalue weighted by atomic mass is 79.9. The molecule has 0 N–H and O–H groups in total. The standard InChI is InChI=1S/C15H19BrO2/c1-3-12(6-5-7-15(17)18-4-2)13-8-10-14(16)11-9-13/h3,8-12H,1,4-7H2,2H3/t12-/m1/s1. The highest BCUT2D eigenvalue weighted by molar-refractivity contribution is 9.10. The highest BCUT2D eigenvalue weighted by Crippen LogP contribution is 2.24. The van der Waals surface area contributed by atoms with E-state index in [1.165, 1.54) is 5.56 Å². The monoisotopic (exact) mass is 310 g/mol. The number of benzene rings is 1. The van der Waals surface area contributed by atoms with Crippen molar-refractivity contribution in [2.75, 3.05) is 6.61 Å². The summed E-state index contributed by atoms with van der Waals surface area (Å²) >= 11 is 3.42. The predicted octanol–water partition coefficient (Wildman–Crippen LogP) is 4.45. The maximum absolute atomic E-state index is 11.2.